The third-order valence-electron chi connectivity index (χ3n) is 6.98. The number of amides is 1. The van der Waals surface area contributed by atoms with Crippen molar-refractivity contribution in [2.75, 3.05) is 4.90 Å². The molecule has 0 saturated carbocycles. The van der Waals surface area contributed by atoms with Gasteiger partial charge in [0.2, 0.25) is 15.9 Å². The van der Waals surface area contributed by atoms with Gasteiger partial charge >= 0.3 is 0 Å². The summed E-state index contributed by atoms with van der Waals surface area (Å²) in [7, 11) is -3.68. The maximum Gasteiger partial charge on any atom is 0.241 e. The van der Waals surface area contributed by atoms with Crippen molar-refractivity contribution in [3.05, 3.63) is 125 Å². The van der Waals surface area contributed by atoms with Gasteiger partial charge in [-0.3, -0.25) is 9.78 Å². The molecule has 7 heteroatoms. The molecule has 1 amide bonds. The smallest absolute Gasteiger partial charge is 0.241 e. The molecule has 0 radical (unpaired) electrons. The number of anilines is 1. The fourth-order valence-electron chi connectivity index (χ4n) is 4.88. The molecule has 194 valence electrons. The van der Waals surface area contributed by atoms with Crippen molar-refractivity contribution in [2.45, 2.75) is 50.1 Å². The van der Waals surface area contributed by atoms with E-state index in [0.29, 0.717) is 25.8 Å². The lowest BCUT2D eigenvalue weighted by Gasteiger charge is -2.25. The lowest BCUT2D eigenvalue weighted by molar-refractivity contribution is -0.118. The summed E-state index contributed by atoms with van der Waals surface area (Å²) in [6.45, 7) is 2.32. The van der Waals surface area contributed by atoms with Gasteiger partial charge in [-0.2, -0.15) is 0 Å². The number of benzene rings is 3. The first-order valence-corrected chi connectivity index (χ1v) is 14.3. The average Bonchev–Trinajstić information content (AvgIpc) is 3.33. The number of pyridine rings is 1. The number of hydrogen-bond acceptors (Lipinski definition) is 4. The molecular formula is C31H31N3O3S. The third kappa shape index (κ3) is 6.01. The minimum Gasteiger partial charge on any atom is -0.308 e. The number of fused-ring (bicyclic) bond motifs is 1. The Labute approximate surface area is 224 Å². The summed E-state index contributed by atoms with van der Waals surface area (Å²) in [6.07, 6.45) is 5.95. The van der Waals surface area contributed by atoms with E-state index < -0.39 is 10.0 Å². The molecule has 1 atom stereocenters. The third-order valence-corrected chi connectivity index (χ3v) is 8.47. The SMILES string of the molecule is Cc1ccc(S(=O)(=O)NC2CCc3ccc(N(Cc4cccnc4)C(=O)CCc4ccccc4)cc32)cc1. The van der Waals surface area contributed by atoms with Crippen molar-refractivity contribution in [1.29, 1.82) is 0 Å². The number of aromatic nitrogens is 1. The van der Waals surface area contributed by atoms with Crippen molar-refractivity contribution in [3.63, 3.8) is 0 Å². The van der Waals surface area contributed by atoms with Crippen LogP contribution in [0.3, 0.4) is 0 Å². The van der Waals surface area contributed by atoms with Crippen LogP contribution in [-0.2, 0) is 34.2 Å². The molecule has 1 aliphatic rings. The normalized spacial score (nSPS) is 14.7. The summed E-state index contributed by atoms with van der Waals surface area (Å²) >= 11 is 0. The quantitative estimate of drug-likeness (QED) is 0.312. The molecule has 3 aromatic carbocycles. The van der Waals surface area contributed by atoms with Gasteiger partial charge in [0, 0.05) is 30.5 Å². The van der Waals surface area contributed by atoms with E-state index in [0.717, 1.165) is 39.9 Å². The van der Waals surface area contributed by atoms with Crippen LogP contribution in [0, 0.1) is 6.92 Å². The Kier molecular flexibility index (Phi) is 7.67. The minimum atomic E-state index is -3.68. The lowest BCUT2D eigenvalue weighted by atomic mass is 10.1. The Bertz CT molecular complexity index is 1510. The van der Waals surface area contributed by atoms with Gasteiger partial charge in [0.25, 0.3) is 0 Å². The van der Waals surface area contributed by atoms with Crippen LogP contribution in [0.25, 0.3) is 0 Å². The number of aryl methyl sites for hydroxylation is 3. The second-order valence-corrected chi connectivity index (χ2v) is 11.4. The van der Waals surface area contributed by atoms with Gasteiger partial charge in [-0.25, -0.2) is 13.1 Å². The number of rotatable bonds is 9. The van der Waals surface area contributed by atoms with Crippen LogP contribution < -0.4 is 9.62 Å². The molecule has 0 saturated heterocycles. The first-order valence-electron chi connectivity index (χ1n) is 12.8. The number of nitrogens with one attached hydrogen (secondary N) is 1. The zero-order valence-electron chi connectivity index (χ0n) is 21.4. The molecule has 0 fully saturated rings. The Morgan fingerprint density at radius 3 is 2.47 bits per heavy atom. The van der Waals surface area contributed by atoms with Crippen LogP contribution in [0.5, 0.6) is 0 Å². The maximum atomic E-state index is 13.5. The van der Waals surface area contributed by atoms with Crippen molar-refractivity contribution in [2.24, 2.45) is 0 Å². The summed E-state index contributed by atoms with van der Waals surface area (Å²) in [4.78, 5) is 19.8. The lowest BCUT2D eigenvalue weighted by Crippen LogP contribution is -2.31. The molecule has 0 aliphatic heterocycles. The minimum absolute atomic E-state index is 0.00689. The average molecular weight is 526 g/mol. The first-order chi connectivity index (χ1) is 18.4. The van der Waals surface area contributed by atoms with Crippen molar-refractivity contribution >= 4 is 21.6 Å². The highest BCUT2D eigenvalue weighted by atomic mass is 32.2. The van der Waals surface area contributed by atoms with Gasteiger partial charge in [0.05, 0.1) is 11.4 Å². The standard InChI is InChI=1S/C31H31N3O3S/c1-23-9-15-28(16-10-23)38(36,37)33-30-17-13-26-12-14-27(20-29(26)30)34(22-25-8-5-19-32-21-25)31(35)18-11-24-6-3-2-4-7-24/h2-10,12,14-16,19-21,30,33H,11,13,17-18,22H2,1H3. The summed E-state index contributed by atoms with van der Waals surface area (Å²) in [5, 5.41) is 0. The molecule has 1 unspecified atom stereocenters. The van der Waals surface area contributed by atoms with Crippen molar-refractivity contribution < 1.29 is 13.2 Å². The molecule has 1 aliphatic carbocycles. The highest BCUT2D eigenvalue weighted by Crippen LogP contribution is 2.35. The number of sulfonamides is 1. The molecule has 1 aromatic heterocycles. The topological polar surface area (TPSA) is 79.4 Å². The summed E-state index contributed by atoms with van der Waals surface area (Å²) in [6, 6.07) is 26.3. The van der Waals surface area contributed by atoms with Crippen LogP contribution in [0.1, 0.15) is 46.7 Å². The second kappa shape index (κ2) is 11.3. The number of hydrogen-bond donors (Lipinski definition) is 1. The highest BCUT2D eigenvalue weighted by molar-refractivity contribution is 7.89. The molecule has 6 nitrogen and oxygen atoms in total. The summed E-state index contributed by atoms with van der Waals surface area (Å²) in [5.74, 6) is 0.00689. The molecular weight excluding hydrogens is 494 g/mol. The molecule has 1 heterocycles. The van der Waals surface area contributed by atoms with Gasteiger partial charge in [-0.15, -0.1) is 0 Å². The molecule has 0 bridgehead atoms. The van der Waals surface area contributed by atoms with E-state index in [1.54, 1.807) is 41.6 Å². The first kappa shape index (κ1) is 25.8. The Hall–Kier alpha value is -3.81. The zero-order valence-corrected chi connectivity index (χ0v) is 22.2. The van der Waals surface area contributed by atoms with E-state index >= 15 is 0 Å². The fraction of sp³-hybridized carbons (Fsp3) is 0.226. The van der Waals surface area contributed by atoms with Gasteiger partial charge < -0.3 is 4.90 Å². The van der Waals surface area contributed by atoms with Crippen LogP contribution in [0.2, 0.25) is 0 Å². The van der Waals surface area contributed by atoms with Crippen molar-refractivity contribution in [3.8, 4) is 0 Å². The van der Waals surface area contributed by atoms with Crippen LogP contribution in [0.4, 0.5) is 5.69 Å². The Morgan fingerprint density at radius 2 is 1.74 bits per heavy atom. The number of nitrogens with zero attached hydrogens (tertiary/aromatic N) is 2. The molecule has 5 rings (SSSR count). The van der Waals surface area contributed by atoms with Gasteiger partial charge in [-0.1, -0.05) is 60.2 Å². The molecule has 38 heavy (non-hydrogen) atoms. The van der Waals surface area contributed by atoms with Crippen LogP contribution >= 0.6 is 0 Å². The predicted molar refractivity (Wildman–Crippen MR) is 149 cm³/mol. The second-order valence-electron chi connectivity index (χ2n) is 9.74. The largest absolute Gasteiger partial charge is 0.308 e. The Morgan fingerprint density at radius 1 is 0.974 bits per heavy atom. The monoisotopic (exact) mass is 525 g/mol. The fourth-order valence-corrected chi connectivity index (χ4v) is 6.13. The maximum absolute atomic E-state index is 13.5. The van der Waals surface area contributed by atoms with E-state index in [1.807, 2.05) is 67.6 Å². The van der Waals surface area contributed by atoms with Gasteiger partial charge in [0.15, 0.2) is 0 Å². The van der Waals surface area contributed by atoms with Crippen LogP contribution in [-0.4, -0.2) is 19.3 Å². The van der Waals surface area contributed by atoms with Crippen LogP contribution in [0.15, 0.2) is 102 Å². The van der Waals surface area contributed by atoms with E-state index in [2.05, 4.69) is 9.71 Å². The highest BCUT2D eigenvalue weighted by Gasteiger charge is 2.29. The van der Waals surface area contributed by atoms with Crippen molar-refractivity contribution in [1.82, 2.24) is 9.71 Å². The van der Waals surface area contributed by atoms with Gasteiger partial charge in [0.1, 0.15) is 0 Å². The predicted octanol–water partition coefficient (Wildman–Crippen LogP) is 5.52. The molecule has 1 N–H and O–H groups in total. The number of carbonyl (C=O) groups excluding carboxylic acids is 1. The van der Waals surface area contributed by atoms with E-state index in [9.17, 15) is 13.2 Å². The summed E-state index contributed by atoms with van der Waals surface area (Å²) in [5.41, 5.74) is 5.82. The zero-order chi connectivity index (χ0) is 26.5. The molecule has 4 aromatic rings. The van der Waals surface area contributed by atoms with E-state index in [4.69, 9.17) is 0 Å². The Balaban J connectivity index is 1.41. The number of carbonyl (C=O) groups is 1. The summed E-state index contributed by atoms with van der Waals surface area (Å²) < 4.78 is 29.1. The van der Waals surface area contributed by atoms with E-state index in [1.165, 1.54) is 0 Å². The molecule has 0 spiro atoms. The van der Waals surface area contributed by atoms with Gasteiger partial charge in [-0.05, 0) is 78.8 Å². The van der Waals surface area contributed by atoms with E-state index in [-0.39, 0.29) is 16.8 Å².